The molecule has 0 fully saturated rings. The number of hydrogen-bond acceptors (Lipinski definition) is 3. The Morgan fingerprint density at radius 2 is 2.07 bits per heavy atom. The van der Waals surface area contributed by atoms with Gasteiger partial charge in [-0.05, 0) is 26.5 Å². The normalized spacial score (nSPS) is 12.1. The third-order valence-corrected chi connectivity index (χ3v) is 1.23. The van der Waals surface area contributed by atoms with E-state index in [4.69, 9.17) is 9.84 Å². The first-order valence-electron chi connectivity index (χ1n) is 3.92. The van der Waals surface area contributed by atoms with E-state index in [9.17, 15) is 4.79 Å². The fraction of sp³-hybridized carbons (Fsp3) is 0.200. The molecule has 0 aromatic heterocycles. The monoisotopic (exact) mass is 195 g/mol. The average molecular weight is 195 g/mol. The maximum absolute atomic E-state index is 10.4. The third kappa shape index (κ3) is 4.92. The van der Waals surface area contributed by atoms with Crippen molar-refractivity contribution in [3.05, 3.63) is 37.0 Å². The fourth-order valence-electron chi connectivity index (χ4n) is 0.644. The zero-order chi connectivity index (χ0) is 11.1. The Kier molecular flexibility index (Phi) is 4.99. The third-order valence-electron chi connectivity index (χ3n) is 1.23. The highest BCUT2D eigenvalue weighted by molar-refractivity contribution is 6.34. The molecule has 0 radical (unpaired) electrons. The van der Waals surface area contributed by atoms with E-state index >= 15 is 0 Å². The molecule has 0 amide bonds. The van der Waals surface area contributed by atoms with E-state index in [1.54, 1.807) is 19.1 Å². The predicted molar refractivity (Wildman–Crippen MR) is 54.9 cm³/mol. The molecule has 4 heteroatoms. The minimum atomic E-state index is -1.10. The van der Waals surface area contributed by atoms with Gasteiger partial charge in [-0.3, -0.25) is 0 Å². The molecule has 0 saturated carbocycles. The van der Waals surface area contributed by atoms with Gasteiger partial charge in [0, 0.05) is 0 Å². The summed E-state index contributed by atoms with van der Waals surface area (Å²) in [6, 6.07) is 0. The van der Waals surface area contributed by atoms with Crippen molar-refractivity contribution in [3.8, 4) is 0 Å². The first kappa shape index (κ1) is 12.2. The highest BCUT2D eigenvalue weighted by Crippen LogP contribution is 2.05. The van der Waals surface area contributed by atoms with Crippen LogP contribution in [0.25, 0.3) is 0 Å². The number of ether oxygens (including phenoxy) is 1. The van der Waals surface area contributed by atoms with Gasteiger partial charge in [-0.1, -0.05) is 12.7 Å². The van der Waals surface area contributed by atoms with Crippen molar-refractivity contribution in [2.45, 2.75) is 13.8 Å². The Bertz CT molecular complexity index is 313. The lowest BCUT2D eigenvalue weighted by Crippen LogP contribution is -2.08. The standard InChI is InChI=1S/C10H13NO3/c1-5-6-7(2)14-9(4)11-8(3)10(12)13/h5-6H,1,4H2,2-3H3,(H,12,13)/b7-6+,11-8+. The van der Waals surface area contributed by atoms with Crippen LogP contribution < -0.4 is 0 Å². The Morgan fingerprint density at radius 3 is 2.50 bits per heavy atom. The van der Waals surface area contributed by atoms with Gasteiger partial charge in [0.1, 0.15) is 11.5 Å². The second-order valence-corrected chi connectivity index (χ2v) is 2.51. The van der Waals surface area contributed by atoms with Crippen LogP contribution >= 0.6 is 0 Å². The summed E-state index contributed by atoms with van der Waals surface area (Å²) < 4.78 is 5.06. The summed E-state index contributed by atoms with van der Waals surface area (Å²) >= 11 is 0. The van der Waals surface area contributed by atoms with E-state index in [1.165, 1.54) is 6.92 Å². The number of carboxylic acid groups (broad SMARTS) is 1. The number of rotatable bonds is 5. The van der Waals surface area contributed by atoms with Gasteiger partial charge in [0.15, 0.2) is 0 Å². The van der Waals surface area contributed by atoms with Crippen LogP contribution in [0, 0.1) is 0 Å². The molecule has 0 aliphatic rings. The summed E-state index contributed by atoms with van der Waals surface area (Å²) in [5.74, 6) is -0.507. The molecule has 0 rings (SSSR count). The second kappa shape index (κ2) is 5.75. The quantitative estimate of drug-likeness (QED) is 0.415. The number of hydrogen-bond donors (Lipinski definition) is 1. The lowest BCUT2D eigenvalue weighted by atomic mass is 10.4. The van der Waals surface area contributed by atoms with Crippen molar-refractivity contribution in [2.75, 3.05) is 0 Å². The smallest absolute Gasteiger partial charge is 0.350 e. The molecule has 1 N–H and O–H groups in total. The fourth-order valence-corrected chi connectivity index (χ4v) is 0.644. The SMILES string of the molecule is C=C/C=C(\C)OC(=C)/N=C(\C)C(=O)O. The summed E-state index contributed by atoms with van der Waals surface area (Å²) in [6.45, 7) is 9.99. The molecule has 0 spiro atoms. The average Bonchev–Trinajstić information content (AvgIpc) is 2.03. The van der Waals surface area contributed by atoms with E-state index in [0.717, 1.165) is 0 Å². The topological polar surface area (TPSA) is 58.9 Å². The largest absolute Gasteiger partial charge is 0.477 e. The minimum absolute atomic E-state index is 0.0421. The van der Waals surface area contributed by atoms with Crippen LogP contribution in [0.15, 0.2) is 41.9 Å². The molecule has 0 aliphatic carbocycles. The van der Waals surface area contributed by atoms with Crippen LogP contribution in [-0.4, -0.2) is 16.8 Å². The summed E-state index contributed by atoms with van der Waals surface area (Å²) in [5.41, 5.74) is -0.0681. The van der Waals surface area contributed by atoms with Gasteiger partial charge in [0.05, 0.1) is 0 Å². The number of carboxylic acids is 1. The number of aliphatic imine (C=N–C) groups is 1. The number of aliphatic carboxylic acids is 1. The first-order valence-corrected chi connectivity index (χ1v) is 3.92. The lowest BCUT2D eigenvalue weighted by Gasteiger charge is -2.03. The van der Waals surface area contributed by atoms with E-state index in [1.807, 2.05) is 0 Å². The van der Waals surface area contributed by atoms with Gasteiger partial charge in [0.25, 0.3) is 0 Å². The predicted octanol–water partition coefficient (Wildman–Crippen LogP) is 2.11. The van der Waals surface area contributed by atoms with E-state index in [-0.39, 0.29) is 11.6 Å². The Morgan fingerprint density at radius 1 is 1.50 bits per heavy atom. The molecule has 0 heterocycles. The van der Waals surface area contributed by atoms with E-state index in [0.29, 0.717) is 5.76 Å². The zero-order valence-corrected chi connectivity index (χ0v) is 8.28. The van der Waals surface area contributed by atoms with Crippen LogP contribution in [0.1, 0.15) is 13.8 Å². The molecule has 0 unspecified atom stereocenters. The number of nitrogens with zero attached hydrogens (tertiary/aromatic N) is 1. The molecular weight excluding hydrogens is 182 g/mol. The Balaban J connectivity index is 4.38. The molecule has 14 heavy (non-hydrogen) atoms. The van der Waals surface area contributed by atoms with Gasteiger partial charge >= 0.3 is 5.97 Å². The molecule has 4 nitrogen and oxygen atoms in total. The highest BCUT2D eigenvalue weighted by Gasteiger charge is 2.02. The van der Waals surface area contributed by atoms with Gasteiger partial charge in [-0.25, -0.2) is 9.79 Å². The highest BCUT2D eigenvalue weighted by atomic mass is 16.5. The second-order valence-electron chi connectivity index (χ2n) is 2.51. The summed E-state index contributed by atoms with van der Waals surface area (Å²) in [5, 5.41) is 8.51. The van der Waals surface area contributed by atoms with E-state index < -0.39 is 5.97 Å². The van der Waals surface area contributed by atoms with Crippen molar-refractivity contribution in [1.82, 2.24) is 0 Å². The minimum Gasteiger partial charge on any atom is -0.477 e. The maximum atomic E-state index is 10.4. The number of carbonyl (C=O) groups is 1. The van der Waals surface area contributed by atoms with E-state index in [2.05, 4.69) is 18.2 Å². The van der Waals surface area contributed by atoms with Crippen molar-refractivity contribution < 1.29 is 14.6 Å². The molecule has 0 saturated heterocycles. The Labute approximate surface area is 82.9 Å². The molecule has 0 bridgehead atoms. The lowest BCUT2D eigenvalue weighted by molar-refractivity contribution is -0.129. The molecule has 0 atom stereocenters. The zero-order valence-electron chi connectivity index (χ0n) is 8.28. The van der Waals surface area contributed by atoms with Crippen LogP contribution in [0.3, 0.4) is 0 Å². The van der Waals surface area contributed by atoms with Crippen LogP contribution in [-0.2, 0) is 9.53 Å². The van der Waals surface area contributed by atoms with Gasteiger partial charge in [-0.2, -0.15) is 0 Å². The summed E-state index contributed by atoms with van der Waals surface area (Å²) in [6.07, 6.45) is 3.17. The molecule has 0 aliphatic heterocycles. The first-order chi connectivity index (χ1) is 6.47. The maximum Gasteiger partial charge on any atom is 0.350 e. The van der Waals surface area contributed by atoms with Gasteiger partial charge < -0.3 is 9.84 Å². The summed E-state index contributed by atoms with van der Waals surface area (Å²) in [7, 11) is 0. The van der Waals surface area contributed by atoms with Crippen LogP contribution in [0.4, 0.5) is 0 Å². The Hall–Kier alpha value is -1.84. The van der Waals surface area contributed by atoms with Gasteiger partial charge in [0.2, 0.25) is 5.88 Å². The number of allylic oxidation sites excluding steroid dienone is 3. The van der Waals surface area contributed by atoms with Crippen molar-refractivity contribution >= 4 is 11.7 Å². The van der Waals surface area contributed by atoms with Crippen molar-refractivity contribution in [3.63, 3.8) is 0 Å². The molecular formula is C10H13NO3. The van der Waals surface area contributed by atoms with Crippen LogP contribution in [0.2, 0.25) is 0 Å². The van der Waals surface area contributed by atoms with Crippen LogP contribution in [0.5, 0.6) is 0 Å². The van der Waals surface area contributed by atoms with Gasteiger partial charge in [-0.15, -0.1) is 0 Å². The summed E-state index contributed by atoms with van der Waals surface area (Å²) in [4.78, 5) is 14.0. The molecule has 76 valence electrons. The molecule has 0 aromatic rings. The van der Waals surface area contributed by atoms with Crippen molar-refractivity contribution in [2.24, 2.45) is 4.99 Å². The van der Waals surface area contributed by atoms with Crippen molar-refractivity contribution in [1.29, 1.82) is 0 Å². The molecule has 0 aromatic carbocycles.